The van der Waals surface area contributed by atoms with Crippen LogP contribution >= 0.6 is 0 Å². The number of likely N-dealkylation sites (tertiary alicyclic amines) is 1. The van der Waals surface area contributed by atoms with Gasteiger partial charge in [-0.3, -0.25) is 4.79 Å². The van der Waals surface area contributed by atoms with Gasteiger partial charge in [0.15, 0.2) is 0 Å². The molecule has 0 spiro atoms. The number of amides is 2. The Morgan fingerprint density at radius 1 is 1.19 bits per heavy atom. The zero-order valence-electron chi connectivity index (χ0n) is 17.7. The normalized spacial score (nSPS) is 31.6. The summed E-state index contributed by atoms with van der Waals surface area (Å²) in [7, 11) is 0. The number of alkyl halides is 3. The van der Waals surface area contributed by atoms with Gasteiger partial charge in [0.25, 0.3) is 0 Å². The second-order valence-corrected chi connectivity index (χ2v) is 9.39. The Labute approximate surface area is 179 Å². The molecule has 0 aromatic heterocycles. The minimum absolute atomic E-state index is 0.0295. The lowest BCUT2D eigenvalue weighted by Gasteiger charge is -2.37. The van der Waals surface area contributed by atoms with E-state index in [1.165, 1.54) is 12.1 Å². The van der Waals surface area contributed by atoms with Crippen LogP contribution in [-0.4, -0.2) is 48.5 Å². The summed E-state index contributed by atoms with van der Waals surface area (Å²) in [6, 6.07) is 6.02. The first-order chi connectivity index (χ1) is 14.5. The van der Waals surface area contributed by atoms with Crippen molar-refractivity contribution in [2.24, 2.45) is 17.3 Å². The van der Waals surface area contributed by atoms with E-state index >= 15 is 0 Å². The monoisotopic (exact) mass is 440 g/mol. The Hall–Kier alpha value is -2.45. The molecule has 0 bridgehead atoms. The summed E-state index contributed by atoms with van der Waals surface area (Å²) in [4.78, 5) is 26.4. The van der Waals surface area contributed by atoms with Crippen molar-refractivity contribution in [1.82, 2.24) is 10.2 Å². The number of hydrogen-bond donors (Lipinski definition) is 1. The number of fused-ring (bicyclic) bond motifs is 1. The van der Waals surface area contributed by atoms with E-state index in [9.17, 15) is 22.8 Å². The number of carbonyl (C=O) groups excluding carboxylic acids is 2. The number of halogens is 3. The molecular weight excluding hydrogens is 413 g/mol. The summed E-state index contributed by atoms with van der Waals surface area (Å²) in [6.07, 6.45) is -4.09. The first kappa shape index (κ1) is 21.8. The SMILES string of the molecule is CC(C)OC(=O)NC1CC(C(=O)N2C[C@H]3[C@H](c4ccc(OC(F)(F)F)cc4)[C@@]3(C)C2)C1. The summed E-state index contributed by atoms with van der Waals surface area (Å²) in [6.45, 7) is 6.99. The van der Waals surface area contributed by atoms with Crippen molar-refractivity contribution in [2.75, 3.05) is 13.1 Å². The molecule has 3 aliphatic rings. The summed E-state index contributed by atoms with van der Waals surface area (Å²) in [5.41, 5.74) is 0.926. The van der Waals surface area contributed by atoms with Crippen molar-refractivity contribution in [1.29, 1.82) is 0 Å². The van der Waals surface area contributed by atoms with Gasteiger partial charge in [0.2, 0.25) is 5.91 Å². The maximum atomic E-state index is 12.8. The van der Waals surface area contributed by atoms with Gasteiger partial charge < -0.3 is 19.7 Å². The Bertz CT molecular complexity index is 851. The molecule has 2 amide bonds. The quantitative estimate of drug-likeness (QED) is 0.750. The fraction of sp³-hybridized carbons (Fsp3) is 0.636. The van der Waals surface area contributed by atoms with E-state index in [-0.39, 0.29) is 41.1 Å². The van der Waals surface area contributed by atoms with Gasteiger partial charge >= 0.3 is 12.5 Å². The van der Waals surface area contributed by atoms with E-state index in [4.69, 9.17) is 4.74 Å². The van der Waals surface area contributed by atoms with Crippen molar-refractivity contribution in [3.05, 3.63) is 29.8 Å². The molecule has 1 aliphatic heterocycles. The van der Waals surface area contributed by atoms with Crippen molar-refractivity contribution in [3.8, 4) is 5.75 Å². The largest absolute Gasteiger partial charge is 0.573 e. The van der Waals surface area contributed by atoms with Gasteiger partial charge in [-0.15, -0.1) is 13.2 Å². The number of benzene rings is 1. The van der Waals surface area contributed by atoms with E-state index < -0.39 is 12.5 Å². The number of carbonyl (C=O) groups is 2. The highest BCUT2D eigenvalue weighted by atomic mass is 19.4. The highest BCUT2D eigenvalue weighted by molar-refractivity contribution is 5.81. The van der Waals surface area contributed by atoms with Crippen molar-refractivity contribution in [3.63, 3.8) is 0 Å². The van der Waals surface area contributed by atoms with Crippen LogP contribution in [0.4, 0.5) is 18.0 Å². The van der Waals surface area contributed by atoms with Gasteiger partial charge in [0.05, 0.1) is 6.10 Å². The highest BCUT2D eigenvalue weighted by Gasteiger charge is 2.67. The van der Waals surface area contributed by atoms with Gasteiger partial charge in [-0.05, 0) is 61.6 Å². The van der Waals surface area contributed by atoms with Gasteiger partial charge in [-0.25, -0.2) is 4.79 Å². The van der Waals surface area contributed by atoms with Crippen molar-refractivity contribution in [2.45, 2.75) is 58.0 Å². The molecule has 0 radical (unpaired) electrons. The molecule has 1 aromatic carbocycles. The van der Waals surface area contributed by atoms with E-state index in [1.807, 2.05) is 4.90 Å². The molecule has 0 unspecified atom stereocenters. The number of rotatable bonds is 5. The van der Waals surface area contributed by atoms with Crippen LogP contribution in [0.3, 0.4) is 0 Å². The lowest BCUT2D eigenvalue weighted by Crippen LogP contribution is -2.50. The number of nitrogens with zero attached hydrogens (tertiary/aromatic N) is 1. The predicted octanol–water partition coefficient (Wildman–Crippen LogP) is 4.06. The van der Waals surface area contributed by atoms with E-state index in [0.29, 0.717) is 31.8 Å². The average molecular weight is 440 g/mol. The van der Waals surface area contributed by atoms with Crippen LogP contribution in [0, 0.1) is 17.3 Å². The summed E-state index contributed by atoms with van der Waals surface area (Å²) in [5.74, 6) is 0.354. The second-order valence-electron chi connectivity index (χ2n) is 9.39. The fourth-order valence-corrected chi connectivity index (χ4v) is 5.17. The van der Waals surface area contributed by atoms with Crippen LogP contribution in [0.25, 0.3) is 0 Å². The lowest BCUT2D eigenvalue weighted by molar-refractivity contribution is -0.274. The lowest BCUT2D eigenvalue weighted by atomic mass is 9.79. The number of nitrogens with one attached hydrogen (secondary N) is 1. The van der Waals surface area contributed by atoms with Gasteiger partial charge in [0.1, 0.15) is 5.75 Å². The zero-order chi connectivity index (χ0) is 22.6. The summed E-state index contributed by atoms with van der Waals surface area (Å²) >= 11 is 0. The van der Waals surface area contributed by atoms with Gasteiger partial charge in [-0.2, -0.15) is 0 Å². The Morgan fingerprint density at radius 3 is 2.35 bits per heavy atom. The first-order valence-electron chi connectivity index (χ1n) is 10.6. The number of alkyl carbamates (subject to hydrolysis) is 1. The van der Waals surface area contributed by atoms with Crippen LogP contribution in [0.1, 0.15) is 45.1 Å². The van der Waals surface area contributed by atoms with Crippen LogP contribution in [0.15, 0.2) is 24.3 Å². The molecule has 4 rings (SSSR count). The van der Waals surface area contributed by atoms with E-state index in [2.05, 4.69) is 17.0 Å². The topological polar surface area (TPSA) is 67.9 Å². The van der Waals surface area contributed by atoms with Crippen molar-refractivity contribution >= 4 is 12.0 Å². The molecule has 1 saturated heterocycles. The molecular formula is C22H27F3N2O4. The number of ether oxygens (including phenoxy) is 2. The Balaban J connectivity index is 1.26. The minimum Gasteiger partial charge on any atom is -0.447 e. The standard InChI is InChI=1S/C22H27F3N2O4/c1-12(2)30-20(29)26-15-8-14(9-15)19(28)27-10-17-18(21(17,3)11-27)13-4-6-16(7-5-13)31-22(23,24)25/h4-7,12,14-15,17-18H,8-11H2,1-3H3,(H,26,29)/t14?,15?,17-,18-,21-/m0/s1. The molecule has 6 nitrogen and oxygen atoms in total. The van der Waals surface area contributed by atoms with Crippen molar-refractivity contribution < 1.29 is 32.2 Å². The van der Waals surface area contributed by atoms with Gasteiger partial charge in [-0.1, -0.05) is 19.1 Å². The first-order valence-corrected chi connectivity index (χ1v) is 10.6. The molecule has 2 aliphatic carbocycles. The van der Waals surface area contributed by atoms with Gasteiger partial charge in [0, 0.05) is 25.0 Å². The third-order valence-electron chi connectivity index (χ3n) is 6.74. The minimum atomic E-state index is -4.70. The maximum absolute atomic E-state index is 12.8. The molecule has 3 fully saturated rings. The number of piperidine rings is 1. The second kappa shape index (κ2) is 7.60. The van der Waals surface area contributed by atoms with Crippen LogP contribution in [-0.2, 0) is 9.53 Å². The van der Waals surface area contributed by atoms with Crippen LogP contribution in [0.2, 0.25) is 0 Å². The fourth-order valence-electron chi connectivity index (χ4n) is 5.17. The molecule has 2 saturated carbocycles. The summed E-state index contributed by atoms with van der Waals surface area (Å²) in [5, 5.41) is 2.78. The van der Waals surface area contributed by atoms with Crippen LogP contribution < -0.4 is 10.1 Å². The Kier molecular flexibility index (Phi) is 5.34. The molecule has 170 valence electrons. The predicted molar refractivity (Wildman–Crippen MR) is 105 cm³/mol. The molecule has 3 atom stereocenters. The third-order valence-corrected chi connectivity index (χ3v) is 6.74. The number of hydrogen-bond acceptors (Lipinski definition) is 4. The molecule has 9 heteroatoms. The smallest absolute Gasteiger partial charge is 0.447 e. The molecule has 1 heterocycles. The van der Waals surface area contributed by atoms with E-state index in [0.717, 1.165) is 5.56 Å². The highest BCUT2D eigenvalue weighted by Crippen LogP contribution is 2.68. The molecule has 1 N–H and O–H groups in total. The maximum Gasteiger partial charge on any atom is 0.573 e. The zero-order valence-corrected chi connectivity index (χ0v) is 17.7. The van der Waals surface area contributed by atoms with E-state index in [1.54, 1.807) is 26.0 Å². The third kappa shape index (κ3) is 4.45. The molecule has 1 aromatic rings. The average Bonchev–Trinajstić information content (AvgIpc) is 3.01. The summed E-state index contributed by atoms with van der Waals surface area (Å²) < 4.78 is 46.0. The van der Waals surface area contributed by atoms with Crippen LogP contribution in [0.5, 0.6) is 5.75 Å². The molecule has 31 heavy (non-hydrogen) atoms. The Morgan fingerprint density at radius 2 is 1.84 bits per heavy atom.